The summed E-state index contributed by atoms with van der Waals surface area (Å²) < 4.78 is 10.7. The third kappa shape index (κ3) is 4.85. The van der Waals surface area contributed by atoms with Gasteiger partial charge < -0.3 is 24.6 Å². The first-order valence-electron chi connectivity index (χ1n) is 10.6. The first-order valence-corrected chi connectivity index (χ1v) is 11.6. The number of thioether (sulfide) groups is 1. The van der Waals surface area contributed by atoms with Gasteiger partial charge in [-0.3, -0.25) is 9.59 Å². The Hall–Kier alpha value is -3.13. The van der Waals surface area contributed by atoms with E-state index in [2.05, 4.69) is 10.2 Å². The van der Waals surface area contributed by atoms with Crippen LogP contribution in [0.2, 0.25) is 0 Å². The smallest absolute Gasteiger partial charge is 0.265 e. The lowest BCUT2D eigenvalue weighted by atomic mass is 10.1. The fraction of sp³-hybridized carbons (Fsp3) is 0.333. The van der Waals surface area contributed by atoms with E-state index in [-0.39, 0.29) is 11.8 Å². The van der Waals surface area contributed by atoms with Crippen LogP contribution in [-0.4, -0.2) is 62.4 Å². The van der Waals surface area contributed by atoms with Crippen molar-refractivity contribution in [3.63, 3.8) is 0 Å². The molecule has 0 atom stereocenters. The fourth-order valence-corrected chi connectivity index (χ4v) is 4.64. The topological polar surface area (TPSA) is 71.1 Å². The number of nitrogens with zero attached hydrogens (tertiary/aromatic N) is 2. The SMILES string of the molecule is COc1ccc(N2CCN(C(=O)c3ccccc3NC(=O)C3=C(C)OCCS3)CC2)cc1. The van der Waals surface area contributed by atoms with E-state index in [1.807, 2.05) is 41.3 Å². The summed E-state index contributed by atoms with van der Waals surface area (Å²) in [7, 11) is 1.65. The van der Waals surface area contributed by atoms with Crippen LogP contribution in [0.15, 0.2) is 59.2 Å². The van der Waals surface area contributed by atoms with E-state index in [0.29, 0.717) is 41.6 Å². The van der Waals surface area contributed by atoms with Gasteiger partial charge in [0.1, 0.15) is 16.4 Å². The Kier molecular flexibility index (Phi) is 6.90. The summed E-state index contributed by atoms with van der Waals surface area (Å²) in [6.45, 7) is 5.10. The van der Waals surface area contributed by atoms with Crippen molar-refractivity contribution < 1.29 is 19.1 Å². The number of anilines is 2. The van der Waals surface area contributed by atoms with E-state index in [1.54, 1.807) is 26.2 Å². The van der Waals surface area contributed by atoms with E-state index >= 15 is 0 Å². The number of benzene rings is 2. The van der Waals surface area contributed by atoms with Crippen LogP contribution in [0.25, 0.3) is 0 Å². The highest BCUT2D eigenvalue weighted by atomic mass is 32.2. The Balaban J connectivity index is 1.42. The number of allylic oxidation sites excluding steroid dienone is 1. The van der Waals surface area contributed by atoms with Crippen molar-refractivity contribution >= 4 is 35.0 Å². The summed E-state index contributed by atoms with van der Waals surface area (Å²) in [5.41, 5.74) is 2.13. The predicted octanol–water partition coefficient (Wildman–Crippen LogP) is 3.59. The van der Waals surface area contributed by atoms with Gasteiger partial charge in [0.2, 0.25) is 0 Å². The summed E-state index contributed by atoms with van der Waals surface area (Å²) in [6.07, 6.45) is 0. The molecule has 1 fully saturated rings. The zero-order valence-electron chi connectivity index (χ0n) is 18.3. The second kappa shape index (κ2) is 9.99. The molecule has 8 heteroatoms. The molecule has 0 radical (unpaired) electrons. The van der Waals surface area contributed by atoms with Crippen molar-refractivity contribution in [1.82, 2.24) is 4.90 Å². The predicted molar refractivity (Wildman–Crippen MR) is 127 cm³/mol. The van der Waals surface area contributed by atoms with E-state index in [4.69, 9.17) is 9.47 Å². The summed E-state index contributed by atoms with van der Waals surface area (Å²) >= 11 is 1.48. The summed E-state index contributed by atoms with van der Waals surface area (Å²) in [5.74, 6) is 1.87. The largest absolute Gasteiger partial charge is 0.497 e. The number of hydrogen-bond donors (Lipinski definition) is 1. The molecular weight excluding hydrogens is 426 g/mol. The summed E-state index contributed by atoms with van der Waals surface area (Å²) in [4.78, 5) is 30.7. The number of carbonyl (C=O) groups excluding carboxylic acids is 2. The molecule has 2 heterocycles. The summed E-state index contributed by atoms with van der Waals surface area (Å²) in [6, 6.07) is 15.1. The molecule has 2 aromatic rings. The van der Waals surface area contributed by atoms with Crippen LogP contribution in [0.3, 0.4) is 0 Å². The molecule has 0 unspecified atom stereocenters. The molecular formula is C24H27N3O4S. The molecule has 168 valence electrons. The van der Waals surface area contributed by atoms with Crippen molar-refractivity contribution in [2.45, 2.75) is 6.92 Å². The van der Waals surface area contributed by atoms with E-state index in [1.165, 1.54) is 11.8 Å². The van der Waals surface area contributed by atoms with Crippen LogP contribution in [-0.2, 0) is 9.53 Å². The number of piperazine rings is 1. The molecule has 2 aliphatic heterocycles. The second-order valence-electron chi connectivity index (χ2n) is 7.56. The van der Waals surface area contributed by atoms with Gasteiger partial charge in [-0.1, -0.05) is 12.1 Å². The highest BCUT2D eigenvalue weighted by molar-refractivity contribution is 8.04. The van der Waals surface area contributed by atoms with Gasteiger partial charge >= 0.3 is 0 Å². The Labute approximate surface area is 192 Å². The highest BCUT2D eigenvalue weighted by Gasteiger charge is 2.25. The number of nitrogens with one attached hydrogen (secondary N) is 1. The van der Waals surface area contributed by atoms with Crippen LogP contribution in [0.4, 0.5) is 11.4 Å². The molecule has 7 nitrogen and oxygen atoms in total. The molecule has 2 aliphatic rings. The lowest BCUT2D eigenvalue weighted by Gasteiger charge is -2.36. The van der Waals surface area contributed by atoms with Crippen LogP contribution in [0.5, 0.6) is 5.75 Å². The molecule has 32 heavy (non-hydrogen) atoms. The van der Waals surface area contributed by atoms with E-state index < -0.39 is 0 Å². The Bertz CT molecular complexity index is 1010. The Morgan fingerprint density at radius 2 is 1.75 bits per heavy atom. The van der Waals surface area contributed by atoms with Gasteiger partial charge in [0, 0.05) is 37.6 Å². The van der Waals surface area contributed by atoms with E-state index in [9.17, 15) is 9.59 Å². The minimum absolute atomic E-state index is 0.0754. The maximum Gasteiger partial charge on any atom is 0.265 e. The molecule has 0 spiro atoms. The maximum atomic E-state index is 13.3. The zero-order valence-corrected chi connectivity index (χ0v) is 19.1. The average Bonchev–Trinajstić information content (AvgIpc) is 2.84. The fourth-order valence-electron chi connectivity index (χ4n) is 3.82. The summed E-state index contributed by atoms with van der Waals surface area (Å²) in [5, 5.41) is 2.91. The van der Waals surface area contributed by atoms with Crippen molar-refractivity contribution in [1.29, 1.82) is 0 Å². The third-order valence-electron chi connectivity index (χ3n) is 5.58. The number of carbonyl (C=O) groups is 2. The third-order valence-corrected chi connectivity index (χ3v) is 6.72. The maximum absolute atomic E-state index is 13.3. The molecule has 0 bridgehead atoms. The normalized spacial score (nSPS) is 16.4. The molecule has 4 rings (SSSR count). The number of rotatable bonds is 5. The highest BCUT2D eigenvalue weighted by Crippen LogP contribution is 2.28. The first-order chi connectivity index (χ1) is 15.6. The molecule has 2 amide bonds. The first kappa shape index (κ1) is 22.1. The monoisotopic (exact) mass is 453 g/mol. The molecule has 2 aromatic carbocycles. The number of para-hydroxylation sites is 1. The minimum Gasteiger partial charge on any atom is -0.497 e. The van der Waals surface area contributed by atoms with Gasteiger partial charge in [-0.05, 0) is 43.3 Å². The van der Waals surface area contributed by atoms with Crippen molar-refractivity contribution in [2.24, 2.45) is 0 Å². The standard InChI is InChI=1S/C24H27N3O4S/c1-17-22(32-16-15-31-17)23(28)25-21-6-4-3-5-20(21)24(29)27-13-11-26(12-14-27)18-7-9-19(30-2)10-8-18/h3-10H,11-16H2,1-2H3,(H,25,28). The van der Waals surface area contributed by atoms with Gasteiger partial charge in [-0.2, -0.15) is 0 Å². The lowest BCUT2D eigenvalue weighted by molar-refractivity contribution is -0.112. The van der Waals surface area contributed by atoms with Crippen molar-refractivity contribution in [3.8, 4) is 5.75 Å². The van der Waals surface area contributed by atoms with Crippen LogP contribution in [0, 0.1) is 0 Å². The molecule has 0 aromatic heterocycles. The van der Waals surface area contributed by atoms with E-state index in [0.717, 1.165) is 30.3 Å². The Morgan fingerprint density at radius 1 is 1.03 bits per heavy atom. The van der Waals surface area contributed by atoms with Gasteiger partial charge in [-0.25, -0.2) is 0 Å². The number of hydrogen-bond acceptors (Lipinski definition) is 6. The van der Waals surface area contributed by atoms with Gasteiger partial charge in [0.25, 0.3) is 11.8 Å². The molecule has 0 aliphatic carbocycles. The lowest BCUT2D eigenvalue weighted by Crippen LogP contribution is -2.49. The number of methoxy groups -OCH3 is 1. The average molecular weight is 454 g/mol. The quantitative estimate of drug-likeness (QED) is 0.746. The zero-order chi connectivity index (χ0) is 22.5. The van der Waals surface area contributed by atoms with Crippen molar-refractivity contribution in [2.75, 3.05) is 55.9 Å². The van der Waals surface area contributed by atoms with Crippen LogP contribution >= 0.6 is 11.8 Å². The number of amides is 2. The van der Waals surface area contributed by atoms with Gasteiger partial charge in [-0.15, -0.1) is 11.8 Å². The van der Waals surface area contributed by atoms with Crippen molar-refractivity contribution in [3.05, 3.63) is 64.8 Å². The number of ether oxygens (including phenoxy) is 2. The van der Waals surface area contributed by atoms with Gasteiger partial charge in [0.15, 0.2) is 0 Å². The second-order valence-corrected chi connectivity index (χ2v) is 8.66. The molecule has 1 N–H and O–H groups in total. The van der Waals surface area contributed by atoms with Crippen LogP contribution < -0.4 is 15.0 Å². The van der Waals surface area contributed by atoms with Crippen LogP contribution in [0.1, 0.15) is 17.3 Å². The molecule has 0 saturated carbocycles. The van der Waals surface area contributed by atoms with Gasteiger partial charge in [0.05, 0.1) is 25.0 Å². The minimum atomic E-state index is -0.239. The Morgan fingerprint density at radius 3 is 2.44 bits per heavy atom. The molecule has 1 saturated heterocycles.